The predicted molar refractivity (Wildman–Crippen MR) is 224 cm³/mol. The molecule has 0 saturated carbocycles. The van der Waals surface area contributed by atoms with E-state index in [1.165, 1.54) is 77.0 Å². The van der Waals surface area contributed by atoms with E-state index < -0.39 is 92.7 Å². The highest BCUT2D eigenvalue weighted by Gasteiger charge is 2.47. The summed E-state index contributed by atoms with van der Waals surface area (Å²) in [5.41, 5.74) is 0. The van der Waals surface area contributed by atoms with Crippen molar-refractivity contribution in [2.45, 2.75) is 236 Å². The minimum absolute atomic E-state index is 0.169. The van der Waals surface area contributed by atoms with Crippen LogP contribution >= 0.6 is 0 Å². The molecule has 2 heterocycles. The van der Waals surface area contributed by atoms with Gasteiger partial charge in [0, 0.05) is 12.8 Å². The third-order valence-electron chi connectivity index (χ3n) is 11.4. The van der Waals surface area contributed by atoms with Crippen LogP contribution in [0, 0.1) is 11.8 Å². The van der Waals surface area contributed by atoms with E-state index in [0.717, 1.165) is 50.4 Å². The van der Waals surface area contributed by atoms with Gasteiger partial charge in [0.1, 0.15) is 55.4 Å². The highest BCUT2D eigenvalue weighted by atomic mass is 16.7. The monoisotopic (exact) mass is 865 g/mol. The van der Waals surface area contributed by atoms with Crippen LogP contribution in [0.1, 0.15) is 169 Å². The quantitative estimate of drug-likeness (QED) is 0.0334. The van der Waals surface area contributed by atoms with Gasteiger partial charge in [0.15, 0.2) is 18.7 Å². The molecule has 2 rings (SSSR count). The summed E-state index contributed by atoms with van der Waals surface area (Å²) in [7, 11) is 0. The van der Waals surface area contributed by atoms with E-state index in [1.54, 1.807) is 0 Å². The fourth-order valence-electron chi connectivity index (χ4n) is 7.53. The molecule has 0 unspecified atom stereocenters. The molecule has 0 aromatic heterocycles. The molecule has 0 radical (unpaired) electrons. The van der Waals surface area contributed by atoms with Crippen molar-refractivity contribution >= 4 is 11.9 Å². The number of ether oxygens (including phenoxy) is 6. The maximum Gasteiger partial charge on any atom is 0.306 e. The van der Waals surface area contributed by atoms with E-state index in [0.29, 0.717) is 12.8 Å². The summed E-state index contributed by atoms with van der Waals surface area (Å²) < 4.78 is 33.5. The maximum absolute atomic E-state index is 12.9. The Balaban J connectivity index is 1.85. The van der Waals surface area contributed by atoms with E-state index >= 15 is 0 Å². The lowest BCUT2D eigenvalue weighted by Gasteiger charge is -2.42. The van der Waals surface area contributed by atoms with Crippen LogP contribution in [0.3, 0.4) is 0 Å². The van der Waals surface area contributed by atoms with Crippen LogP contribution in [0.15, 0.2) is 0 Å². The van der Waals surface area contributed by atoms with Gasteiger partial charge in [-0.15, -0.1) is 0 Å². The first-order chi connectivity index (χ1) is 28.7. The summed E-state index contributed by atoms with van der Waals surface area (Å²) >= 11 is 0. The summed E-state index contributed by atoms with van der Waals surface area (Å²) in [6, 6.07) is 0. The van der Waals surface area contributed by atoms with Gasteiger partial charge in [0.2, 0.25) is 0 Å². The van der Waals surface area contributed by atoms with Gasteiger partial charge < -0.3 is 64.2 Å². The van der Waals surface area contributed by atoms with Crippen LogP contribution in [-0.4, -0.2) is 142 Å². The normalized spacial score (nSPS) is 27.7. The summed E-state index contributed by atoms with van der Waals surface area (Å²) in [6.45, 7) is 7.15. The Bertz CT molecular complexity index is 1090. The van der Waals surface area contributed by atoms with Crippen molar-refractivity contribution in [2.75, 3.05) is 26.4 Å². The smallest absolute Gasteiger partial charge is 0.306 e. The van der Waals surface area contributed by atoms with Gasteiger partial charge >= 0.3 is 11.9 Å². The van der Waals surface area contributed by atoms with Gasteiger partial charge in [-0.1, -0.05) is 143 Å². The molecule has 2 saturated heterocycles. The SMILES string of the molecule is CC(C)CCCCCCCCCCCC(=O)OC[C@H](CO[C@@H]1O[C@H](CO[C@H]2O[C@@H](CO)[C@H](O)[C@H](O)[C@H]2O)[C@@H](O)[C@@H](O)[C@@H]1O)OC(=O)CCCCCCCCCCCC(C)C. The average molecular weight is 865 g/mol. The van der Waals surface area contributed by atoms with E-state index in [9.17, 15) is 45.3 Å². The summed E-state index contributed by atoms with van der Waals surface area (Å²) in [5.74, 6) is 0.590. The van der Waals surface area contributed by atoms with Crippen molar-refractivity contribution in [3.8, 4) is 0 Å². The minimum atomic E-state index is -1.76. The molecule has 7 N–H and O–H groups in total. The van der Waals surface area contributed by atoms with Crippen molar-refractivity contribution in [2.24, 2.45) is 11.8 Å². The second kappa shape index (κ2) is 32.2. The molecule has 0 spiro atoms. The van der Waals surface area contributed by atoms with E-state index in [1.807, 2.05) is 0 Å². The average Bonchev–Trinajstić information content (AvgIpc) is 3.21. The molecule has 354 valence electrons. The number of rotatable bonds is 34. The number of hydrogen-bond acceptors (Lipinski definition) is 15. The van der Waals surface area contributed by atoms with Gasteiger partial charge in [0.25, 0.3) is 0 Å². The molecule has 0 amide bonds. The van der Waals surface area contributed by atoms with Gasteiger partial charge in [-0.25, -0.2) is 0 Å². The van der Waals surface area contributed by atoms with Crippen LogP contribution < -0.4 is 0 Å². The molecule has 0 aromatic rings. The Labute approximate surface area is 359 Å². The Hall–Kier alpha value is -1.50. The molecular weight excluding hydrogens is 780 g/mol. The first-order valence-corrected chi connectivity index (χ1v) is 23.3. The van der Waals surface area contributed by atoms with Gasteiger partial charge in [-0.2, -0.15) is 0 Å². The van der Waals surface area contributed by atoms with Gasteiger partial charge in [-0.05, 0) is 24.7 Å². The number of carbonyl (C=O) groups excluding carboxylic acids is 2. The third kappa shape index (κ3) is 22.7. The standard InChI is InChI=1S/C45H84O15/c1-31(2)23-19-15-11-7-5-9-13-17-21-25-36(47)55-28-33(58-37(48)26-22-18-14-10-6-8-12-16-20-24-32(3)4)29-56-44-43(54)41(52)39(50)35(60-44)30-57-45-42(53)40(51)38(49)34(27-46)59-45/h31-35,38-46,49-54H,5-30H2,1-4H3/t33-,34+,35-,38+,39-,40+,41-,42-,43+,44-,45+/m1/s1. The third-order valence-corrected chi connectivity index (χ3v) is 11.4. The topological polar surface area (TPSA) is 231 Å². The molecule has 11 atom stereocenters. The molecule has 0 bridgehead atoms. The van der Waals surface area contributed by atoms with E-state index in [-0.39, 0.29) is 26.1 Å². The van der Waals surface area contributed by atoms with Crippen LogP contribution in [0.4, 0.5) is 0 Å². The van der Waals surface area contributed by atoms with Crippen molar-refractivity contribution in [3.05, 3.63) is 0 Å². The van der Waals surface area contributed by atoms with Crippen molar-refractivity contribution in [3.63, 3.8) is 0 Å². The zero-order chi connectivity index (χ0) is 44.3. The zero-order valence-electron chi connectivity index (χ0n) is 37.3. The molecular formula is C45H84O15. The molecule has 0 aliphatic carbocycles. The fraction of sp³-hybridized carbons (Fsp3) is 0.956. The minimum Gasteiger partial charge on any atom is -0.462 e. The highest BCUT2D eigenvalue weighted by molar-refractivity contribution is 5.70. The fourth-order valence-corrected chi connectivity index (χ4v) is 7.53. The van der Waals surface area contributed by atoms with Crippen LogP contribution in [-0.2, 0) is 38.0 Å². The molecule has 2 fully saturated rings. The summed E-state index contributed by atoms with van der Waals surface area (Å²) in [4.78, 5) is 25.6. The summed E-state index contributed by atoms with van der Waals surface area (Å²) in [5, 5.41) is 71.8. The lowest BCUT2D eigenvalue weighted by Crippen LogP contribution is -2.61. The van der Waals surface area contributed by atoms with E-state index in [4.69, 9.17) is 28.4 Å². The first kappa shape index (κ1) is 54.6. The Kier molecular flexibility index (Phi) is 29.3. The van der Waals surface area contributed by atoms with E-state index in [2.05, 4.69) is 27.7 Å². The lowest BCUT2D eigenvalue weighted by molar-refractivity contribution is -0.332. The van der Waals surface area contributed by atoms with Crippen molar-refractivity contribution in [1.82, 2.24) is 0 Å². The Morgan fingerprint density at radius 2 is 0.883 bits per heavy atom. The largest absolute Gasteiger partial charge is 0.462 e. The first-order valence-electron chi connectivity index (χ1n) is 23.3. The molecule has 2 aliphatic heterocycles. The van der Waals surface area contributed by atoms with Crippen molar-refractivity contribution in [1.29, 1.82) is 0 Å². The number of hydrogen-bond donors (Lipinski definition) is 7. The Morgan fingerprint density at radius 1 is 0.483 bits per heavy atom. The van der Waals surface area contributed by atoms with Crippen LogP contribution in [0.2, 0.25) is 0 Å². The van der Waals surface area contributed by atoms with Gasteiger partial charge in [-0.3, -0.25) is 9.59 Å². The molecule has 0 aromatic carbocycles. The molecule has 15 heteroatoms. The number of unbranched alkanes of at least 4 members (excludes halogenated alkanes) is 16. The van der Waals surface area contributed by atoms with Gasteiger partial charge in [0.05, 0.1) is 19.8 Å². The number of aliphatic hydroxyl groups is 7. The molecule has 60 heavy (non-hydrogen) atoms. The Morgan fingerprint density at radius 3 is 1.35 bits per heavy atom. The van der Waals surface area contributed by atoms with Crippen molar-refractivity contribution < 1.29 is 73.8 Å². The second-order valence-corrected chi connectivity index (χ2v) is 17.9. The predicted octanol–water partition coefficient (Wildman–Crippen LogP) is 4.98. The number of aliphatic hydroxyl groups excluding tert-OH is 7. The maximum atomic E-state index is 12.9. The summed E-state index contributed by atoms with van der Waals surface area (Å²) in [6.07, 6.45) is 6.02. The second-order valence-electron chi connectivity index (χ2n) is 17.9. The number of carbonyl (C=O) groups is 2. The highest BCUT2D eigenvalue weighted by Crippen LogP contribution is 2.26. The zero-order valence-corrected chi connectivity index (χ0v) is 37.3. The molecule has 2 aliphatic rings. The van der Waals surface area contributed by atoms with Crippen LogP contribution in [0.25, 0.3) is 0 Å². The van der Waals surface area contributed by atoms with Crippen LogP contribution in [0.5, 0.6) is 0 Å². The lowest BCUT2D eigenvalue weighted by atomic mass is 9.98. The number of esters is 2. The molecule has 15 nitrogen and oxygen atoms in total.